The van der Waals surface area contributed by atoms with Gasteiger partial charge in [-0.3, -0.25) is 4.72 Å². The number of hydrogen-bond acceptors (Lipinski definition) is 5. The Morgan fingerprint density at radius 2 is 2.16 bits per heavy atom. The summed E-state index contributed by atoms with van der Waals surface area (Å²) in [6.07, 6.45) is 0. The molecule has 1 aromatic carbocycles. The molecule has 2 aromatic rings. The summed E-state index contributed by atoms with van der Waals surface area (Å²) in [6.45, 7) is 1.70. The van der Waals surface area contributed by atoms with Crippen LogP contribution in [0.5, 0.6) is 0 Å². The Kier molecular flexibility index (Phi) is 3.81. The van der Waals surface area contributed by atoms with Gasteiger partial charge in [0.15, 0.2) is 0 Å². The van der Waals surface area contributed by atoms with Gasteiger partial charge in [0.1, 0.15) is 17.2 Å². The van der Waals surface area contributed by atoms with Crippen molar-refractivity contribution < 1.29 is 12.9 Å². The quantitative estimate of drug-likeness (QED) is 0.828. The van der Waals surface area contributed by atoms with Gasteiger partial charge in [-0.25, -0.2) is 8.42 Å². The van der Waals surface area contributed by atoms with Crippen LogP contribution in [-0.2, 0) is 15.8 Å². The van der Waals surface area contributed by atoms with Crippen LogP contribution in [-0.4, -0.2) is 13.6 Å². The van der Waals surface area contributed by atoms with Crippen molar-refractivity contribution in [3.8, 4) is 0 Å². The molecule has 0 aliphatic heterocycles. The number of halogens is 1. The highest BCUT2D eigenvalue weighted by atomic mass is 79.9. The summed E-state index contributed by atoms with van der Waals surface area (Å²) in [5, 5.41) is 3.65. The molecule has 19 heavy (non-hydrogen) atoms. The lowest BCUT2D eigenvalue weighted by Crippen LogP contribution is -2.16. The average molecular weight is 346 g/mol. The first-order valence-corrected chi connectivity index (χ1v) is 7.78. The zero-order chi connectivity index (χ0) is 14.0. The van der Waals surface area contributed by atoms with E-state index in [1.54, 1.807) is 31.2 Å². The summed E-state index contributed by atoms with van der Waals surface area (Å²) >= 11 is 3.25. The lowest BCUT2D eigenvalue weighted by Gasteiger charge is -2.09. The Bertz CT molecular complexity index is 697. The van der Waals surface area contributed by atoms with Crippen LogP contribution in [0, 0.1) is 6.92 Å². The zero-order valence-electron chi connectivity index (χ0n) is 10.1. The third kappa shape index (κ3) is 3.71. The summed E-state index contributed by atoms with van der Waals surface area (Å²) in [7, 11) is -3.58. The molecule has 0 saturated carbocycles. The van der Waals surface area contributed by atoms with Gasteiger partial charge in [-0.1, -0.05) is 21.1 Å². The fourth-order valence-corrected chi connectivity index (χ4v) is 3.01. The minimum absolute atomic E-state index is 0.264. The molecule has 0 unspecified atom stereocenters. The van der Waals surface area contributed by atoms with Gasteiger partial charge in [-0.15, -0.1) is 0 Å². The Morgan fingerprint density at radius 3 is 2.74 bits per heavy atom. The molecule has 1 heterocycles. The van der Waals surface area contributed by atoms with Gasteiger partial charge in [-0.05, 0) is 25.1 Å². The first-order valence-electron chi connectivity index (χ1n) is 5.33. The molecule has 0 spiro atoms. The van der Waals surface area contributed by atoms with Gasteiger partial charge in [-0.2, -0.15) is 0 Å². The fraction of sp³-hybridized carbons (Fsp3) is 0.182. The largest absolute Gasteiger partial charge is 0.397 e. The summed E-state index contributed by atoms with van der Waals surface area (Å²) in [4.78, 5) is 0. The maximum Gasteiger partial charge on any atom is 0.238 e. The van der Waals surface area contributed by atoms with Crippen LogP contribution in [0.15, 0.2) is 33.3 Å². The Labute approximate surface area is 119 Å². The summed E-state index contributed by atoms with van der Waals surface area (Å²) in [5.41, 5.74) is 6.76. The first kappa shape index (κ1) is 13.9. The molecule has 0 atom stereocenters. The summed E-state index contributed by atoms with van der Waals surface area (Å²) in [6, 6.07) is 6.49. The van der Waals surface area contributed by atoms with E-state index in [2.05, 4.69) is 25.8 Å². The van der Waals surface area contributed by atoms with E-state index in [4.69, 9.17) is 10.3 Å². The third-order valence-electron chi connectivity index (χ3n) is 2.29. The smallest absolute Gasteiger partial charge is 0.238 e. The number of rotatable bonds is 4. The van der Waals surface area contributed by atoms with Crippen molar-refractivity contribution in [2.45, 2.75) is 12.7 Å². The van der Waals surface area contributed by atoms with Gasteiger partial charge in [0.25, 0.3) is 0 Å². The number of aryl methyl sites for hydroxylation is 1. The minimum Gasteiger partial charge on any atom is -0.397 e. The molecule has 2 rings (SSSR count). The van der Waals surface area contributed by atoms with Crippen LogP contribution in [0.2, 0.25) is 0 Å². The fourth-order valence-electron chi connectivity index (χ4n) is 1.51. The lowest BCUT2D eigenvalue weighted by molar-refractivity contribution is 0.392. The normalized spacial score (nSPS) is 11.5. The van der Waals surface area contributed by atoms with Crippen LogP contribution in [0.4, 0.5) is 11.4 Å². The van der Waals surface area contributed by atoms with E-state index in [0.29, 0.717) is 22.8 Å². The number of sulfonamides is 1. The molecule has 0 amide bonds. The van der Waals surface area contributed by atoms with E-state index < -0.39 is 10.0 Å². The number of nitrogens with two attached hydrogens (primary N) is 1. The third-order valence-corrected chi connectivity index (χ3v) is 3.99. The first-order chi connectivity index (χ1) is 8.85. The van der Waals surface area contributed by atoms with E-state index >= 15 is 0 Å². The Balaban J connectivity index is 2.17. The molecule has 0 fully saturated rings. The predicted molar refractivity (Wildman–Crippen MR) is 76.0 cm³/mol. The van der Waals surface area contributed by atoms with E-state index in [-0.39, 0.29) is 5.75 Å². The predicted octanol–water partition coefficient (Wildman–Crippen LogP) is 2.27. The van der Waals surface area contributed by atoms with Crippen LogP contribution >= 0.6 is 15.9 Å². The maximum absolute atomic E-state index is 12.0. The molecule has 6 nitrogen and oxygen atoms in total. The minimum atomic E-state index is -3.58. The number of benzene rings is 1. The van der Waals surface area contributed by atoms with Gasteiger partial charge in [0.05, 0.1) is 11.4 Å². The van der Waals surface area contributed by atoms with Crippen molar-refractivity contribution in [2.24, 2.45) is 0 Å². The highest BCUT2D eigenvalue weighted by molar-refractivity contribution is 9.10. The number of aromatic nitrogens is 1. The molecule has 3 N–H and O–H groups in total. The van der Waals surface area contributed by atoms with E-state index in [1.165, 1.54) is 0 Å². The molecule has 8 heteroatoms. The number of hydrogen-bond donors (Lipinski definition) is 2. The monoisotopic (exact) mass is 345 g/mol. The van der Waals surface area contributed by atoms with Crippen LogP contribution in [0.1, 0.15) is 11.5 Å². The molecule has 0 saturated heterocycles. The standard InChI is InChI=1S/C11H12BrN3O3S/c1-7-4-9(14-18-7)6-19(16,17)15-11-3-2-8(12)5-10(11)13/h2-5,15H,6,13H2,1H3. The highest BCUT2D eigenvalue weighted by Crippen LogP contribution is 2.24. The molecule has 0 radical (unpaired) electrons. The van der Waals surface area contributed by atoms with Crippen LogP contribution in [0.3, 0.4) is 0 Å². The van der Waals surface area contributed by atoms with Crippen molar-refractivity contribution in [3.05, 3.63) is 40.2 Å². The average Bonchev–Trinajstić information content (AvgIpc) is 2.67. The second kappa shape index (κ2) is 5.22. The van der Waals surface area contributed by atoms with E-state index in [1.807, 2.05) is 0 Å². The SMILES string of the molecule is Cc1cc(CS(=O)(=O)Nc2ccc(Br)cc2N)no1. The number of anilines is 2. The van der Waals surface area contributed by atoms with Crippen molar-refractivity contribution in [1.29, 1.82) is 0 Å². The molecule has 102 valence electrons. The molecule has 0 bridgehead atoms. The van der Waals surface area contributed by atoms with Crippen LogP contribution in [0.25, 0.3) is 0 Å². The molecular formula is C11H12BrN3O3S. The number of nitrogen functional groups attached to an aromatic ring is 1. The van der Waals surface area contributed by atoms with Gasteiger partial charge in [0.2, 0.25) is 10.0 Å². The number of nitrogens with zero attached hydrogens (tertiary/aromatic N) is 1. The van der Waals surface area contributed by atoms with Crippen molar-refractivity contribution in [3.63, 3.8) is 0 Å². The lowest BCUT2D eigenvalue weighted by atomic mass is 10.3. The molecular weight excluding hydrogens is 334 g/mol. The second-order valence-corrected chi connectivity index (χ2v) is 6.66. The Morgan fingerprint density at radius 1 is 1.42 bits per heavy atom. The molecule has 1 aromatic heterocycles. The highest BCUT2D eigenvalue weighted by Gasteiger charge is 2.16. The molecule has 0 aliphatic rings. The maximum atomic E-state index is 12.0. The zero-order valence-corrected chi connectivity index (χ0v) is 12.5. The topological polar surface area (TPSA) is 98.2 Å². The van der Waals surface area contributed by atoms with Crippen LogP contribution < -0.4 is 10.5 Å². The van der Waals surface area contributed by atoms with Gasteiger partial charge < -0.3 is 10.3 Å². The van der Waals surface area contributed by atoms with E-state index in [0.717, 1.165) is 4.47 Å². The number of nitrogens with one attached hydrogen (secondary N) is 1. The second-order valence-electron chi connectivity index (χ2n) is 4.02. The van der Waals surface area contributed by atoms with Gasteiger partial charge >= 0.3 is 0 Å². The molecule has 0 aliphatic carbocycles. The summed E-state index contributed by atoms with van der Waals surface area (Å²) in [5.74, 6) is 0.299. The summed E-state index contributed by atoms with van der Waals surface area (Å²) < 4.78 is 31.9. The van der Waals surface area contributed by atoms with Crippen molar-refractivity contribution in [1.82, 2.24) is 5.16 Å². The Hall–Kier alpha value is -1.54. The van der Waals surface area contributed by atoms with E-state index in [9.17, 15) is 8.42 Å². The van der Waals surface area contributed by atoms with Crippen molar-refractivity contribution in [2.75, 3.05) is 10.5 Å². The van der Waals surface area contributed by atoms with Gasteiger partial charge in [0, 0.05) is 10.5 Å². The van der Waals surface area contributed by atoms with Crippen molar-refractivity contribution >= 4 is 37.3 Å².